The average Bonchev–Trinajstić information content (AvgIpc) is 2.66. The van der Waals surface area contributed by atoms with Gasteiger partial charge in [0, 0.05) is 38.2 Å². The van der Waals surface area contributed by atoms with Crippen LogP contribution in [0.15, 0.2) is 11.3 Å². The molecule has 12 heteroatoms. The summed E-state index contributed by atoms with van der Waals surface area (Å²) in [5.74, 6) is -3.96. The molecule has 2 rings (SSSR count). The molecular formula is C17H22N2O9S. The van der Waals surface area contributed by atoms with Gasteiger partial charge in [0.05, 0.1) is 0 Å². The summed E-state index contributed by atoms with van der Waals surface area (Å²) in [5.41, 5.74) is -1.72. The molecule has 1 saturated heterocycles. The van der Waals surface area contributed by atoms with E-state index < -0.39 is 40.8 Å². The van der Waals surface area contributed by atoms with Crippen LogP contribution in [0.25, 0.3) is 0 Å². The number of nitrogens with one attached hydrogen (secondary N) is 1. The van der Waals surface area contributed by atoms with E-state index in [9.17, 15) is 29.1 Å². The van der Waals surface area contributed by atoms with E-state index in [4.69, 9.17) is 14.6 Å². The molecule has 2 amide bonds. The second-order valence-corrected chi connectivity index (χ2v) is 7.53. The van der Waals surface area contributed by atoms with Gasteiger partial charge >= 0.3 is 17.9 Å². The van der Waals surface area contributed by atoms with Gasteiger partial charge in [-0.05, 0) is 12.8 Å². The molecule has 0 saturated carbocycles. The molecule has 0 aromatic rings. The van der Waals surface area contributed by atoms with Gasteiger partial charge in [-0.2, -0.15) is 0 Å². The number of hydrogen-bond donors (Lipinski definition) is 3. The zero-order valence-corrected chi connectivity index (χ0v) is 16.7. The minimum Gasteiger partial charge on any atom is -0.481 e. The Morgan fingerprint density at radius 1 is 1.24 bits per heavy atom. The van der Waals surface area contributed by atoms with Gasteiger partial charge in [0.1, 0.15) is 17.7 Å². The molecular weight excluding hydrogens is 408 g/mol. The number of fused-ring (bicyclic) bond motifs is 1. The summed E-state index contributed by atoms with van der Waals surface area (Å²) in [6.45, 7) is 0.937. The first-order chi connectivity index (χ1) is 13.6. The third-order valence-corrected chi connectivity index (χ3v) is 5.83. The minimum absolute atomic E-state index is 0.00237. The quantitative estimate of drug-likeness (QED) is 0.185. The van der Waals surface area contributed by atoms with Gasteiger partial charge in [0.15, 0.2) is 0 Å². The standard InChI is InChI=1S/C17H22N2O9S/c1-9(20)28-7-10-8-29-16-17(27-2,15(26)19(16)13(10)14(24)25)18-11(21)5-3-4-6-12(22)23/h16H,3-8H2,1-2H3,(H,18,21)(H,22,23)(H,24,25)/t16-,17+/m1/s1. The van der Waals surface area contributed by atoms with Gasteiger partial charge in [0.2, 0.25) is 5.91 Å². The lowest BCUT2D eigenvalue weighted by molar-refractivity contribution is -0.192. The first kappa shape index (κ1) is 22.7. The van der Waals surface area contributed by atoms with E-state index in [1.807, 2.05) is 0 Å². The number of ether oxygens (including phenoxy) is 2. The number of amides is 2. The van der Waals surface area contributed by atoms with Crippen molar-refractivity contribution >= 4 is 41.5 Å². The van der Waals surface area contributed by atoms with E-state index >= 15 is 0 Å². The van der Waals surface area contributed by atoms with Crippen molar-refractivity contribution in [2.24, 2.45) is 0 Å². The predicted molar refractivity (Wildman–Crippen MR) is 98.4 cm³/mol. The number of carboxylic acids is 2. The highest BCUT2D eigenvalue weighted by atomic mass is 32.2. The van der Waals surface area contributed by atoms with Crippen molar-refractivity contribution in [2.45, 2.75) is 43.7 Å². The Bertz CT molecular complexity index is 766. The first-order valence-electron chi connectivity index (χ1n) is 8.76. The SMILES string of the molecule is CO[C@@]1(NC(=O)CCCCC(=O)O)C(=O)N2C(C(=O)O)=C(COC(C)=O)CS[C@@H]21. The highest BCUT2D eigenvalue weighted by Crippen LogP contribution is 2.46. The lowest BCUT2D eigenvalue weighted by Gasteiger charge is -2.55. The molecule has 2 atom stereocenters. The van der Waals surface area contributed by atoms with Crippen LogP contribution in [0.3, 0.4) is 0 Å². The first-order valence-corrected chi connectivity index (χ1v) is 9.80. The van der Waals surface area contributed by atoms with Gasteiger partial charge in [-0.1, -0.05) is 0 Å². The topological polar surface area (TPSA) is 160 Å². The van der Waals surface area contributed by atoms with E-state index in [-0.39, 0.29) is 36.5 Å². The number of methoxy groups -OCH3 is 1. The Labute approximate surface area is 170 Å². The smallest absolute Gasteiger partial charge is 0.352 e. The molecule has 2 heterocycles. The fraction of sp³-hybridized carbons (Fsp3) is 0.588. The summed E-state index contributed by atoms with van der Waals surface area (Å²) in [4.78, 5) is 59.3. The molecule has 0 spiro atoms. The second kappa shape index (κ2) is 9.27. The number of carboxylic acid groups (broad SMARTS) is 2. The number of aliphatic carboxylic acids is 2. The number of esters is 1. The van der Waals surface area contributed by atoms with E-state index in [1.54, 1.807) is 0 Å². The van der Waals surface area contributed by atoms with Gasteiger partial charge in [-0.3, -0.25) is 24.1 Å². The summed E-state index contributed by atoms with van der Waals surface area (Å²) in [6.07, 6.45) is 0.570. The summed E-state index contributed by atoms with van der Waals surface area (Å²) in [6, 6.07) is 0. The van der Waals surface area contributed by atoms with Crippen molar-refractivity contribution < 1.29 is 43.7 Å². The summed E-state index contributed by atoms with van der Waals surface area (Å²) < 4.78 is 10.2. The van der Waals surface area contributed by atoms with Crippen molar-refractivity contribution in [3.8, 4) is 0 Å². The number of carbonyl (C=O) groups is 5. The van der Waals surface area contributed by atoms with Crippen LogP contribution >= 0.6 is 11.8 Å². The zero-order valence-electron chi connectivity index (χ0n) is 15.9. The largest absolute Gasteiger partial charge is 0.481 e. The fourth-order valence-electron chi connectivity index (χ4n) is 3.07. The Hall–Kier alpha value is -2.60. The van der Waals surface area contributed by atoms with Crippen LogP contribution in [0, 0.1) is 0 Å². The minimum atomic E-state index is -1.71. The number of hydrogen-bond acceptors (Lipinski definition) is 8. The fourth-order valence-corrected chi connectivity index (χ4v) is 4.49. The molecule has 0 aromatic carbocycles. The Kier molecular flexibility index (Phi) is 7.25. The number of β-lactam (4-membered cyclic amide) rings is 1. The maximum atomic E-state index is 12.8. The number of nitrogens with zero attached hydrogens (tertiary/aromatic N) is 1. The zero-order chi connectivity index (χ0) is 21.8. The normalized spacial score (nSPS) is 23.2. The maximum Gasteiger partial charge on any atom is 0.352 e. The van der Waals surface area contributed by atoms with Gasteiger partial charge in [-0.25, -0.2) is 4.79 Å². The summed E-state index contributed by atoms with van der Waals surface area (Å²) >= 11 is 1.18. The van der Waals surface area contributed by atoms with Gasteiger partial charge in [-0.15, -0.1) is 11.8 Å². The molecule has 160 valence electrons. The van der Waals surface area contributed by atoms with Crippen molar-refractivity contribution in [1.29, 1.82) is 0 Å². The number of thioether (sulfide) groups is 1. The lowest BCUT2D eigenvalue weighted by atomic mass is 9.97. The van der Waals surface area contributed by atoms with Gasteiger partial charge in [0.25, 0.3) is 11.6 Å². The predicted octanol–water partition coefficient (Wildman–Crippen LogP) is -0.0928. The average molecular weight is 430 g/mol. The van der Waals surface area contributed by atoms with Crippen LogP contribution in [0.4, 0.5) is 0 Å². The summed E-state index contributed by atoms with van der Waals surface area (Å²) in [5, 5.41) is 19.9. The molecule has 29 heavy (non-hydrogen) atoms. The van der Waals surface area contributed by atoms with Crippen LogP contribution in [0.5, 0.6) is 0 Å². The Morgan fingerprint density at radius 3 is 2.45 bits per heavy atom. The van der Waals surface area contributed by atoms with Crippen LogP contribution in [-0.4, -0.2) is 75.4 Å². The van der Waals surface area contributed by atoms with Crippen molar-refractivity contribution in [3.05, 3.63) is 11.3 Å². The highest BCUT2D eigenvalue weighted by Gasteiger charge is 2.66. The van der Waals surface area contributed by atoms with Crippen molar-refractivity contribution in [2.75, 3.05) is 19.5 Å². The Morgan fingerprint density at radius 2 is 1.90 bits per heavy atom. The van der Waals surface area contributed by atoms with Crippen LogP contribution in [-0.2, 0) is 33.4 Å². The number of rotatable bonds is 10. The van der Waals surface area contributed by atoms with E-state index in [0.717, 1.165) is 4.90 Å². The van der Waals surface area contributed by atoms with E-state index in [0.29, 0.717) is 12.8 Å². The van der Waals surface area contributed by atoms with E-state index in [1.165, 1.54) is 25.8 Å². The molecule has 0 unspecified atom stereocenters. The molecule has 2 aliphatic rings. The molecule has 1 fully saturated rings. The maximum absolute atomic E-state index is 12.8. The van der Waals surface area contributed by atoms with Crippen molar-refractivity contribution in [3.63, 3.8) is 0 Å². The molecule has 3 N–H and O–H groups in total. The third-order valence-electron chi connectivity index (χ3n) is 4.45. The van der Waals surface area contributed by atoms with Crippen molar-refractivity contribution in [1.82, 2.24) is 10.2 Å². The van der Waals surface area contributed by atoms with Crippen LogP contribution in [0.1, 0.15) is 32.6 Å². The van der Waals surface area contributed by atoms with Crippen LogP contribution in [0.2, 0.25) is 0 Å². The third kappa shape index (κ3) is 4.70. The monoisotopic (exact) mass is 430 g/mol. The van der Waals surface area contributed by atoms with Crippen LogP contribution < -0.4 is 5.32 Å². The van der Waals surface area contributed by atoms with Gasteiger partial charge < -0.3 is 25.0 Å². The van der Waals surface area contributed by atoms with E-state index in [2.05, 4.69) is 5.32 Å². The second-order valence-electron chi connectivity index (χ2n) is 6.46. The Balaban J connectivity index is 2.12. The molecule has 0 bridgehead atoms. The highest BCUT2D eigenvalue weighted by molar-refractivity contribution is 8.00. The molecule has 2 aliphatic heterocycles. The molecule has 11 nitrogen and oxygen atoms in total. The number of carbonyl (C=O) groups excluding carboxylic acids is 3. The lowest BCUT2D eigenvalue weighted by Crippen LogP contribution is -2.80. The molecule has 0 radical (unpaired) electrons. The molecule has 0 aliphatic carbocycles. The number of unbranched alkanes of at least 4 members (excludes halogenated alkanes) is 1. The summed E-state index contributed by atoms with van der Waals surface area (Å²) in [7, 11) is 1.24. The molecule has 0 aromatic heterocycles.